The van der Waals surface area contributed by atoms with Gasteiger partial charge in [0.25, 0.3) is 0 Å². The molecular weight excluding hydrogens is 497 g/mol. The minimum absolute atomic E-state index is 0.0260. The molecule has 29 heavy (non-hydrogen) atoms. The van der Waals surface area contributed by atoms with E-state index in [9.17, 15) is 21.6 Å². The Bertz CT molecular complexity index is 1180. The van der Waals surface area contributed by atoms with E-state index < -0.39 is 21.9 Å². The summed E-state index contributed by atoms with van der Waals surface area (Å²) in [5.74, 6) is 0. The van der Waals surface area contributed by atoms with Gasteiger partial charge in [0.05, 0.1) is 36.4 Å². The lowest BCUT2D eigenvalue weighted by Crippen LogP contribution is -2.12. The second kappa shape index (κ2) is 7.64. The van der Waals surface area contributed by atoms with Crippen molar-refractivity contribution in [3.05, 3.63) is 62.2 Å². The van der Waals surface area contributed by atoms with Crippen LogP contribution in [0, 0.1) is 0 Å². The van der Waals surface area contributed by atoms with Gasteiger partial charge in [0.15, 0.2) is 5.69 Å². The number of halogens is 7. The maximum absolute atomic E-state index is 13.3. The predicted octanol–water partition coefficient (Wildman–Crippen LogP) is 5.82. The van der Waals surface area contributed by atoms with E-state index in [1.54, 1.807) is 0 Å². The number of alkyl halides is 3. The number of hydrogen-bond acceptors (Lipinski definition) is 3. The van der Waals surface area contributed by atoms with E-state index in [4.69, 9.17) is 51.5 Å². The fourth-order valence-electron chi connectivity index (χ4n) is 2.47. The Morgan fingerprint density at radius 2 is 1.45 bits per heavy atom. The molecular formula is C16H8Cl4F3N3O2S. The van der Waals surface area contributed by atoms with Crippen LogP contribution in [0.25, 0.3) is 16.9 Å². The highest BCUT2D eigenvalue weighted by molar-refractivity contribution is 7.89. The topological polar surface area (TPSA) is 78.0 Å². The lowest BCUT2D eigenvalue weighted by Gasteiger charge is -2.13. The summed E-state index contributed by atoms with van der Waals surface area (Å²) in [6, 6.07) is 6.68. The van der Waals surface area contributed by atoms with Crippen molar-refractivity contribution in [2.45, 2.75) is 11.1 Å². The van der Waals surface area contributed by atoms with Crippen LogP contribution >= 0.6 is 46.4 Å². The van der Waals surface area contributed by atoms with Gasteiger partial charge in [-0.15, -0.1) is 0 Å². The van der Waals surface area contributed by atoms with Crippen molar-refractivity contribution in [1.82, 2.24) is 9.78 Å². The Morgan fingerprint density at radius 1 is 0.931 bits per heavy atom. The third-order valence-corrected chi connectivity index (χ3v) is 6.28. The molecule has 3 aromatic rings. The van der Waals surface area contributed by atoms with Crippen molar-refractivity contribution in [2.24, 2.45) is 5.14 Å². The standard InChI is InChI=1S/C16H8Cl4F3N3O2S/c17-9-5-10(18)15(20)13(14(9)19)11-6-12(16(21,22)23)25-26(11)7-1-3-8(4-2-7)29(24,27)28/h1-6H,(H2,24,27,28). The number of primary sulfonamides is 1. The van der Waals surface area contributed by atoms with Gasteiger partial charge in [-0.2, -0.15) is 18.3 Å². The van der Waals surface area contributed by atoms with Gasteiger partial charge in [-0.25, -0.2) is 18.2 Å². The highest BCUT2D eigenvalue weighted by Crippen LogP contribution is 2.45. The minimum atomic E-state index is -4.78. The van der Waals surface area contributed by atoms with Crippen LogP contribution in [0.4, 0.5) is 13.2 Å². The van der Waals surface area contributed by atoms with Crippen LogP contribution in [0.1, 0.15) is 5.69 Å². The highest BCUT2D eigenvalue weighted by Gasteiger charge is 2.36. The van der Waals surface area contributed by atoms with Gasteiger partial charge in [0, 0.05) is 5.56 Å². The molecule has 0 amide bonds. The summed E-state index contributed by atoms with van der Waals surface area (Å²) in [6.45, 7) is 0. The van der Waals surface area contributed by atoms with Crippen LogP contribution in [0.15, 0.2) is 41.3 Å². The molecule has 0 aliphatic carbocycles. The first-order valence-corrected chi connectivity index (χ1v) is 10.5. The Balaban J connectivity index is 2.31. The molecule has 2 N–H and O–H groups in total. The van der Waals surface area contributed by atoms with E-state index in [1.165, 1.54) is 18.2 Å². The summed E-state index contributed by atoms with van der Waals surface area (Å²) in [6.07, 6.45) is -4.78. The van der Waals surface area contributed by atoms with Crippen LogP contribution in [-0.2, 0) is 16.2 Å². The fraction of sp³-hybridized carbons (Fsp3) is 0.0625. The van der Waals surface area contributed by atoms with Crippen LogP contribution < -0.4 is 5.14 Å². The molecule has 5 nitrogen and oxygen atoms in total. The molecule has 154 valence electrons. The number of hydrogen-bond donors (Lipinski definition) is 1. The van der Waals surface area contributed by atoms with Gasteiger partial charge in [-0.1, -0.05) is 46.4 Å². The molecule has 0 aliphatic rings. The van der Waals surface area contributed by atoms with Crippen LogP contribution in [-0.4, -0.2) is 18.2 Å². The zero-order valence-electron chi connectivity index (χ0n) is 13.8. The Kier molecular flexibility index (Phi) is 5.85. The third kappa shape index (κ3) is 4.35. The number of benzene rings is 2. The van der Waals surface area contributed by atoms with E-state index in [2.05, 4.69) is 5.10 Å². The summed E-state index contributed by atoms with van der Waals surface area (Å²) in [5.41, 5.74) is -1.36. The highest BCUT2D eigenvalue weighted by atomic mass is 35.5. The number of sulfonamides is 1. The Morgan fingerprint density at radius 3 is 1.90 bits per heavy atom. The average Bonchev–Trinajstić information content (AvgIpc) is 3.05. The zero-order chi connectivity index (χ0) is 21.7. The second-order valence-electron chi connectivity index (χ2n) is 5.71. The number of nitrogens with zero attached hydrogens (tertiary/aromatic N) is 2. The van der Waals surface area contributed by atoms with E-state index in [0.717, 1.165) is 22.9 Å². The molecule has 0 atom stereocenters. The molecule has 0 saturated carbocycles. The van der Waals surface area contributed by atoms with Crippen molar-refractivity contribution in [3.8, 4) is 16.9 Å². The molecule has 0 saturated heterocycles. The lowest BCUT2D eigenvalue weighted by atomic mass is 10.1. The van der Waals surface area contributed by atoms with Crippen molar-refractivity contribution >= 4 is 56.4 Å². The van der Waals surface area contributed by atoms with Crippen molar-refractivity contribution < 1.29 is 21.6 Å². The summed E-state index contributed by atoms with van der Waals surface area (Å²) >= 11 is 24.4. The molecule has 1 aromatic heterocycles. The SMILES string of the molecule is NS(=O)(=O)c1ccc(-n2nc(C(F)(F)F)cc2-c2c(Cl)c(Cl)cc(Cl)c2Cl)cc1. The van der Waals surface area contributed by atoms with Gasteiger partial charge >= 0.3 is 6.18 Å². The van der Waals surface area contributed by atoms with Gasteiger partial charge in [-0.3, -0.25) is 0 Å². The van der Waals surface area contributed by atoms with Crippen LogP contribution in [0.2, 0.25) is 20.1 Å². The molecule has 13 heteroatoms. The minimum Gasteiger partial charge on any atom is -0.232 e. The first-order valence-electron chi connectivity index (χ1n) is 7.44. The quantitative estimate of drug-likeness (QED) is 0.456. The van der Waals surface area contributed by atoms with Crippen LogP contribution in [0.3, 0.4) is 0 Å². The summed E-state index contributed by atoms with van der Waals surface area (Å²) in [5, 5.41) is 8.30. The molecule has 0 radical (unpaired) electrons. The second-order valence-corrected chi connectivity index (χ2v) is 8.84. The van der Waals surface area contributed by atoms with Gasteiger partial charge < -0.3 is 0 Å². The van der Waals surface area contributed by atoms with Crippen molar-refractivity contribution in [2.75, 3.05) is 0 Å². The number of aromatic nitrogens is 2. The first kappa shape index (κ1) is 22.2. The van der Waals surface area contributed by atoms with Gasteiger partial charge in [0.2, 0.25) is 10.0 Å². The lowest BCUT2D eigenvalue weighted by molar-refractivity contribution is -0.141. The monoisotopic (exact) mass is 503 g/mol. The van der Waals surface area contributed by atoms with E-state index in [-0.39, 0.29) is 41.9 Å². The van der Waals surface area contributed by atoms with E-state index in [0.29, 0.717) is 0 Å². The molecule has 0 bridgehead atoms. The largest absolute Gasteiger partial charge is 0.435 e. The summed E-state index contributed by atoms with van der Waals surface area (Å²) in [7, 11) is -3.99. The van der Waals surface area contributed by atoms with Gasteiger partial charge in [-0.05, 0) is 36.4 Å². The van der Waals surface area contributed by atoms with E-state index >= 15 is 0 Å². The molecule has 3 rings (SSSR count). The number of rotatable bonds is 3. The molecule has 0 aliphatic heterocycles. The van der Waals surface area contributed by atoms with Crippen molar-refractivity contribution in [3.63, 3.8) is 0 Å². The maximum atomic E-state index is 13.3. The summed E-state index contributed by atoms with van der Waals surface area (Å²) < 4.78 is 63.6. The maximum Gasteiger partial charge on any atom is 0.435 e. The van der Waals surface area contributed by atoms with E-state index in [1.807, 2.05) is 0 Å². The molecule has 2 aromatic carbocycles. The third-order valence-electron chi connectivity index (χ3n) is 3.78. The molecule has 0 spiro atoms. The molecule has 1 heterocycles. The molecule has 0 unspecified atom stereocenters. The zero-order valence-corrected chi connectivity index (χ0v) is 17.6. The molecule has 0 fully saturated rings. The Labute approximate surface area is 182 Å². The predicted molar refractivity (Wildman–Crippen MR) is 105 cm³/mol. The fourth-order valence-corrected chi connectivity index (χ4v) is 3.99. The van der Waals surface area contributed by atoms with Crippen molar-refractivity contribution in [1.29, 1.82) is 0 Å². The van der Waals surface area contributed by atoms with Gasteiger partial charge in [0.1, 0.15) is 0 Å². The normalized spacial score (nSPS) is 12.4. The van der Waals surface area contributed by atoms with Crippen LogP contribution in [0.5, 0.6) is 0 Å². The first-order chi connectivity index (χ1) is 13.3. The Hall–Kier alpha value is -1.49. The number of nitrogens with two attached hydrogens (primary N) is 1. The average molecular weight is 505 g/mol. The summed E-state index contributed by atoms with van der Waals surface area (Å²) in [4.78, 5) is -0.229. The smallest absolute Gasteiger partial charge is 0.232 e.